The van der Waals surface area contributed by atoms with E-state index in [2.05, 4.69) is 9.97 Å². The van der Waals surface area contributed by atoms with Gasteiger partial charge in [-0.05, 0) is 61.7 Å². The van der Waals surface area contributed by atoms with E-state index in [1.165, 1.54) is 5.56 Å². The fourth-order valence-corrected chi connectivity index (χ4v) is 3.84. The Morgan fingerprint density at radius 1 is 1.27 bits per heavy atom. The summed E-state index contributed by atoms with van der Waals surface area (Å²) in [4.78, 5) is 22.4. The molecule has 0 spiro atoms. The molecule has 5 nitrogen and oxygen atoms in total. The van der Waals surface area contributed by atoms with Crippen LogP contribution >= 0.6 is 0 Å². The number of rotatable bonds is 5. The van der Waals surface area contributed by atoms with E-state index in [1.807, 2.05) is 54.4 Å². The van der Waals surface area contributed by atoms with Crippen LogP contribution in [0.1, 0.15) is 29.3 Å². The summed E-state index contributed by atoms with van der Waals surface area (Å²) in [5.41, 5.74) is 2.95. The molecule has 1 saturated heterocycles. The van der Waals surface area contributed by atoms with Gasteiger partial charge in [0.1, 0.15) is 0 Å². The van der Waals surface area contributed by atoms with Gasteiger partial charge in [-0.1, -0.05) is 0 Å². The Morgan fingerprint density at radius 2 is 2.12 bits per heavy atom. The van der Waals surface area contributed by atoms with E-state index >= 15 is 0 Å². The van der Waals surface area contributed by atoms with Crippen molar-refractivity contribution in [3.8, 4) is 0 Å². The number of ether oxygens (including phenoxy) is 1. The highest BCUT2D eigenvalue weighted by atomic mass is 16.5. The number of likely N-dealkylation sites (tertiary alicyclic amines) is 1. The predicted octanol–water partition coefficient (Wildman–Crippen LogP) is 3.43. The summed E-state index contributed by atoms with van der Waals surface area (Å²) in [7, 11) is 0. The number of hydrogen-bond donors (Lipinski definition) is 1. The summed E-state index contributed by atoms with van der Waals surface area (Å²) in [5, 5.41) is 1.06. The van der Waals surface area contributed by atoms with Crippen molar-refractivity contribution >= 4 is 16.8 Å². The highest BCUT2D eigenvalue weighted by Gasteiger charge is 2.37. The summed E-state index contributed by atoms with van der Waals surface area (Å²) < 4.78 is 5.95. The van der Waals surface area contributed by atoms with Crippen LogP contribution in [0.15, 0.2) is 55.0 Å². The molecule has 26 heavy (non-hydrogen) atoms. The van der Waals surface area contributed by atoms with E-state index in [-0.39, 0.29) is 18.1 Å². The van der Waals surface area contributed by atoms with E-state index in [9.17, 15) is 4.79 Å². The molecule has 1 aliphatic rings. The Labute approximate surface area is 153 Å². The number of nitrogens with one attached hydrogen (secondary N) is 1. The van der Waals surface area contributed by atoms with Crippen LogP contribution < -0.4 is 0 Å². The monoisotopic (exact) mass is 349 g/mol. The lowest BCUT2D eigenvalue weighted by atomic mass is 10.0. The molecule has 0 saturated carbocycles. The van der Waals surface area contributed by atoms with Gasteiger partial charge in [-0.3, -0.25) is 9.78 Å². The van der Waals surface area contributed by atoms with Crippen LogP contribution in [0.5, 0.6) is 0 Å². The molecule has 0 unspecified atom stereocenters. The van der Waals surface area contributed by atoms with Gasteiger partial charge >= 0.3 is 0 Å². The minimum absolute atomic E-state index is 0.0479. The maximum absolute atomic E-state index is 13.2. The molecule has 134 valence electrons. The Balaban J connectivity index is 1.60. The highest BCUT2D eigenvalue weighted by Crippen LogP contribution is 2.27. The van der Waals surface area contributed by atoms with Crippen molar-refractivity contribution < 1.29 is 9.53 Å². The normalized spacial score (nSPS) is 20.0. The van der Waals surface area contributed by atoms with E-state index < -0.39 is 0 Å². The van der Waals surface area contributed by atoms with Gasteiger partial charge in [0.2, 0.25) is 0 Å². The summed E-state index contributed by atoms with van der Waals surface area (Å²) in [6.45, 7) is 3.40. The van der Waals surface area contributed by atoms with Crippen molar-refractivity contribution in [2.24, 2.45) is 0 Å². The number of H-pyrrole nitrogens is 1. The van der Waals surface area contributed by atoms with Crippen molar-refractivity contribution in [1.29, 1.82) is 0 Å². The van der Waals surface area contributed by atoms with Crippen molar-refractivity contribution in [2.75, 3.05) is 13.2 Å². The molecule has 4 rings (SSSR count). The number of pyridine rings is 1. The predicted molar refractivity (Wildman–Crippen MR) is 101 cm³/mol. The third kappa shape index (κ3) is 3.22. The lowest BCUT2D eigenvalue weighted by molar-refractivity contribution is 0.0312. The van der Waals surface area contributed by atoms with Gasteiger partial charge in [-0.25, -0.2) is 0 Å². The number of carbonyl (C=O) groups excluding carboxylic acids is 1. The largest absolute Gasteiger partial charge is 0.376 e. The molecule has 0 bridgehead atoms. The zero-order valence-electron chi connectivity index (χ0n) is 14.9. The quantitative estimate of drug-likeness (QED) is 0.768. The summed E-state index contributed by atoms with van der Waals surface area (Å²) in [5.74, 6) is 0.0781. The molecule has 5 heteroatoms. The Morgan fingerprint density at radius 3 is 2.92 bits per heavy atom. The minimum Gasteiger partial charge on any atom is -0.376 e. The SMILES string of the molecule is CCO[C@@H]1CCN(C(=O)c2ccc3[nH]ccc3c2)[C@@H]1Cc1ccncc1. The first-order valence-corrected chi connectivity index (χ1v) is 9.15. The topological polar surface area (TPSA) is 58.2 Å². The number of aromatic amines is 1. The number of carbonyl (C=O) groups is 1. The highest BCUT2D eigenvalue weighted by molar-refractivity contribution is 5.98. The molecule has 3 aromatic rings. The second kappa shape index (κ2) is 7.30. The van der Waals surface area contributed by atoms with Crippen LogP contribution in [0.2, 0.25) is 0 Å². The Kier molecular flexibility index (Phi) is 4.71. The van der Waals surface area contributed by atoms with Gasteiger partial charge in [0.05, 0.1) is 12.1 Å². The number of amides is 1. The number of hydrogen-bond acceptors (Lipinski definition) is 3. The summed E-state index contributed by atoms with van der Waals surface area (Å²) in [6, 6.07) is 11.9. The fourth-order valence-electron chi connectivity index (χ4n) is 3.84. The summed E-state index contributed by atoms with van der Waals surface area (Å²) >= 11 is 0. The molecule has 2 atom stereocenters. The van der Waals surface area contributed by atoms with Crippen LogP contribution in [0.4, 0.5) is 0 Å². The standard InChI is InChI=1S/C21H23N3O2/c1-2-26-20-8-12-24(19(20)13-15-5-9-22-10-6-15)21(25)17-3-4-18-16(14-17)7-11-23-18/h3-7,9-11,14,19-20,23H,2,8,12-13H2,1H3/t19-,20-/m1/s1. The lowest BCUT2D eigenvalue weighted by Crippen LogP contribution is -2.42. The average Bonchev–Trinajstić information content (AvgIpc) is 3.29. The molecule has 1 aliphatic heterocycles. The molecule has 1 aromatic carbocycles. The number of benzene rings is 1. The van der Waals surface area contributed by atoms with Gasteiger partial charge in [-0.15, -0.1) is 0 Å². The third-order valence-electron chi connectivity index (χ3n) is 5.12. The van der Waals surface area contributed by atoms with Crippen LogP contribution in [-0.4, -0.2) is 46.1 Å². The maximum Gasteiger partial charge on any atom is 0.254 e. The molecular formula is C21H23N3O2. The summed E-state index contributed by atoms with van der Waals surface area (Å²) in [6.07, 6.45) is 7.23. The number of nitrogens with zero attached hydrogens (tertiary/aromatic N) is 2. The molecular weight excluding hydrogens is 326 g/mol. The Hall–Kier alpha value is -2.66. The van der Waals surface area contributed by atoms with Crippen LogP contribution in [-0.2, 0) is 11.2 Å². The first-order valence-electron chi connectivity index (χ1n) is 9.15. The molecule has 2 aromatic heterocycles. The molecule has 0 aliphatic carbocycles. The van der Waals surface area contributed by atoms with Crippen molar-refractivity contribution in [1.82, 2.24) is 14.9 Å². The van der Waals surface area contributed by atoms with Crippen molar-refractivity contribution in [3.63, 3.8) is 0 Å². The second-order valence-electron chi connectivity index (χ2n) is 6.69. The lowest BCUT2D eigenvalue weighted by Gasteiger charge is -2.28. The van der Waals surface area contributed by atoms with Gasteiger partial charge in [0, 0.05) is 48.2 Å². The first kappa shape index (κ1) is 16.8. The van der Waals surface area contributed by atoms with E-state index in [0.29, 0.717) is 6.61 Å². The average molecular weight is 349 g/mol. The fraction of sp³-hybridized carbons (Fsp3) is 0.333. The molecule has 0 radical (unpaired) electrons. The van der Waals surface area contributed by atoms with E-state index in [0.717, 1.165) is 35.9 Å². The second-order valence-corrected chi connectivity index (χ2v) is 6.69. The van der Waals surface area contributed by atoms with Crippen molar-refractivity contribution in [3.05, 3.63) is 66.1 Å². The smallest absolute Gasteiger partial charge is 0.254 e. The van der Waals surface area contributed by atoms with Crippen molar-refractivity contribution in [2.45, 2.75) is 31.9 Å². The zero-order valence-corrected chi connectivity index (χ0v) is 14.9. The van der Waals surface area contributed by atoms with Crippen LogP contribution in [0.3, 0.4) is 0 Å². The number of fused-ring (bicyclic) bond motifs is 1. The molecule has 1 N–H and O–H groups in total. The van der Waals surface area contributed by atoms with Gasteiger partial charge < -0.3 is 14.6 Å². The van der Waals surface area contributed by atoms with E-state index in [4.69, 9.17) is 4.74 Å². The molecule has 3 heterocycles. The third-order valence-corrected chi connectivity index (χ3v) is 5.12. The van der Waals surface area contributed by atoms with Crippen LogP contribution in [0, 0.1) is 0 Å². The first-order chi connectivity index (χ1) is 12.8. The molecule has 1 fully saturated rings. The van der Waals surface area contributed by atoms with Gasteiger partial charge in [0.25, 0.3) is 5.91 Å². The Bertz CT molecular complexity index is 890. The minimum atomic E-state index is 0.0479. The zero-order chi connectivity index (χ0) is 17.9. The van der Waals surface area contributed by atoms with Crippen LogP contribution in [0.25, 0.3) is 10.9 Å². The molecule has 1 amide bonds. The van der Waals surface area contributed by atoms with E-state index in [1.54, 1.807) is 12.4 Å². The van der Waals surface area contributed by atoms with Gasteiger partial charge in [0.15, 0.2) is 0 Å². The van der Waals surface area contributed by atoms with Gasteiger partial charge in [-0.2, -0.15) is 0 Å². The number of aromatic nitrogens is 2. The maximum atomic E-state index is 13.2.